The molecule has 0 radical (unpaired) electrons. The molecule has 2 N–H and O–H groups in total. The Morgan fingerprint density at radius 1 is 1.32 bits per heavy atom. The lowest BCUT2D eigenvalue weighted by molar-refractivity contribution is 0.0401. The Hall–Kier alpha value is -1.75. The van der Waals surface area contributed by atoms with Gasteiger partial charge in [0.05, 0.1) is 19.8 Å². The van der Waals surface area contributed by atoms with Crippen LogP contribution in [0.1, 0.15) is 23.7 Å². The molecule has 1 saturated heterocycles. The fourth-order valence-electron chi connectivity index (χ4n) is 2.23. The first-order valence-electron chi connectivity index (χ1n) is 6.33. The van der Waals surface area contributed by atoms with Crippen molar-refractivity contribution in [2.24, 2.45) is 5.73 Å². The van der Waals surface area contributed by atoms with Crippen LogP contribution >= 0.6 is 0 Å². The van der Waals surface area contributed by atoms with Crippen LogP contribution in [-0.2, 0) is 0 Å². The van der Waals surface area contributed by atoms with Gasteiger partial charge in [0.1, 0.15) is 0 Å². The molecule has 2 rings (SSSR count). The zero-order chi connectivity index (χ0) is 14.0. The van der Waals surface area contributed by atoms with E-state index in [1.807, 2.05) is 6.92 Å². The standard InChI is InChI=1S/C14H20N2O3/c1-4-14(15)8-16(9-14)13(17)10-5-6-11(18-2)12(7-10)19-3/h5-7H,4,8-9,15H2,1-3H3. The Bertz CT molecular complexity index is 482. The minimum absolute atomic E-state index is 0.0181. The molecule has 1 aromatic carbocycles. The second kappa shape index (κ2) is 5.09. The van der Waals surface area contributed by atoms with E-state index in [1.54, 1.807) is 37.3 Å². The third-order valence-corrected chi connectivity index (χ3v) is 3.63. The molecule has 0 aromatic heterocycles. The molecular formula is C14H20N2O3. The smallest absolute Gasteiger partial charge is 0.254 e. The summed E-state index contributed by atoms with van der Waals surface area (Å²) in [5, 5.41) is 0. The number of rotatable bonds is 4. The van der Waals surface area contributed by atoms with Crippen molar-refractivity contribution in [1.29, 1.82) is 0 Å². The first kappa shape index (κ1) is 13.7. The predicted octanol–water partition coefficient (Wildman–Crippen LogP) is 1.27. The summed E-state index contributed by atoms with van der Waals surface area (Å²) in [7, 11) is 3.12. The summed E-state index contributed by atoms with van der Waals surface area (Å²) >= 11 is 0. The van der Waals surface area contributed by atoms with E-state index in [0.717, 1.165) is 6.42 Å². The van der Waals surface area contributed by atoms with Crippen molar-refractivity contribution < 1.29 is 14.3 Å². The highest BCUT2D eigenvalue weighted by Gasteiger charge is 2.40. The molecule has 19 heavy (non-hydrogen) atoms. The van der Waals surface area contributed by atoms with Gasteiger partial charge in [-0.05, 0) is 24.6 Å². The Kier molecular flexibility index (Phi) is 3.66. The minimum atomic E-state index is -0.216. The van der Waals surface area contributed by atoms with Crippen LogP contribution in [0.25, 0.3) is 0 Å². The number of hydrogen-bond acceptors (Lipinski definition) is 4. The molecule has 1 amide bonds. The largest absolute Gasteiger partial charge is 0.493 e. The van der Waals surface area contributed by atoms with Gasteiger partial charge in [-0.3, -0.25) is 4.79 Å². The summed E-state index contributed by atoms with van der Waals surface area (Å²) < 4.78 is 10.4. The van der Waals surface area contributed by atoms with Gasteiger partial charge in [0, 0.05) is 18.7 Å². The summed E-state index contributed by atoms with van der Waals surface area (Å²) in [5.41, 5.74) is 6.45. The number of amides is 1. The maximum Gasteiger partial charge on any atom is 0.254 e. The Labute approximate surface area is 113 Å². The molecule has 0 bridgehead atoms. The Balaban J connectivity index is 2.13. The highest BCUT2D eigenvalue weighted by atomic mass is 16.5. The quantitative estimate of drug-likeness (QED) is 0.889. The first-order valence-corrected chi connectivity index (χ1v) is 6.33. The van der Waals surface area contributed by atoms with Crippen LogP contribution in [0.4, 0.5) is 0 Å². The van der Waals surface area contributed by atoms with Gasteiger partial charge in [-0.2, -0.15) is 0 Å². The average molecular weight is 264 g/mol. The number of benzene rings is 1. The van der Waals surface area contributed by atoms with Crippen molar-refractivity contribution in [3.05, 3.63) is 23.8 Å². The second-order valence-corrected chi connectivity index (χ2v) is 4.95. The van der Waals surface area contributed by atoms with Crippen LogP contribution in [-0.4, -0.2) is 43.7 Å². The maximum absolute atomic E-state index is 12.3. The van der Waals surface area contributed by atoms with E-state index >= 15 is 0 Å². The van der Waals surface area contributed by atoms with Crippen LogP contribution in [0.2, 0.25) is 0 Å². The molecule has 1 aliphatic heterocycles. The summed E-state index contributed by atoms with van der Waals surface area (Å²) in [4.78, 5) is 14.0. The van der Waals surface area contributed by atoms with Crippen LogP contribution in [0.3, 0.4) is 0 Å². The minimum Gasteiger partial charge on any atom is -0.493 e. The SMILES string of the molecule is CCC1(N)CN(C(=O)c2ccc(OC)c(OC)c2)C1. The normalized spacial score (nSPS) is 16.7. The van der Waals surface area contributed by atoms with Gasteiger partial charge < -0.3 is 20.1 Å². The molecule has 0 atom stereocenters. The van der Waals surface area contributed by atoms with Crippen molar-refractivity contribution in [2.75, 3.05) is 27.3 Å². The van der Waals surface area contributed by atoms with E-state index in [0.29, 0.717) is 30.2 Å². The molecule has 1 fully saturated rings. The highest BCUT2D eigenvalue weighted by molar-refractivity contribution is 5.95. The summed E-state index contributed by atoms with van der Waals surface area (Å²) in [5.74, 6) is 1.16. The molecular weight excluding hydrogens is 244 g/mol. The molecule has 104 valence electrons. The highest BCUT2D eigenvalue weighted by Crippen LogP contribution is 2.30. The fourth-order valence-corrected chi connectivity index (χ4v) is 2.23. The summed E-state index contributed by atoms with van der Waals surface area (Å²) in [6.07, 6.45) is 0.878. The zero-order valence-electron chi connectivity index (χ0n) is 11.6. The van der Waals surface area contributed by atoms with Crippen LogP contribution in [0, 0.1) is 0 Å². The summed E-state index contributed by atoms with van der Waals surface area (Å²) in [6.45, 7) is 3.26. The van der Waals surface area contributed by atoms with Crippen molar-refractivity contribution >= 4 is 5.91 Å². The van der Waals surface area contributed by atoms with E-state index in [4.69, 9.17) is 15.2 Å². The van der Waals surface area contributed by atoms with Crippen LogP contribution in [0.15, 0.2) is 18.2 Å². The van der Waals surface area contributed by atoms with Gasteiger partial charge >= 0.3 is 0 Å². The van der Waals surface area contributed by atoms with Crippen LogP contribution < -0.4 is 15.2 Å². The molecule has 5 nitrogen and oxygen atoms in total. The van der Waals surface area contributed by atoms with E-state index in [2.05, 4.69) is 0 Å². The molecule has 1 heterocycles. The lowest BCUT2D eigenvalue weighted by Crippen LogP contribution is -2.68. The third-order valence-electron chi connectivity index (χ3n) is 3.63. The molecule has 1 aromatic rings. The predicted molar refractivity (Wildman–Crippen MR) is 72.7 cm³/mol. The molecule has 5 heteroatoms. The van der Waals surface area contributed by atoms with Crippen molar-refractivity contribution in [3.8, 4) is 11.5 Å². The molecule has 0 spiro atoms. The topological polar surface area (TPSA) is 64.8 Å². The van der Waals surface area contributed by atoms with Gasteiger partial charge in [0.2, 0.25) is 0 Å². The number of carbonyl (C=O) groups is 1. The maximum atomic E-state index is 12.3. The molecule has 0 saturated carbocycles. The zero-order valence-corrected chi connectivity index (χ0v) is 11.6. The third kappa shape index (κ3) is 2.51. The van der Waals surface area contributed by atoms with Crippen molar-refractivity contribution in [1.82, 2.24) is 4.90 Å². The molecule has 0 aliphatic carbocycles. The number of ether oxygens (including phenoxy) is 2. The number of nitrogens with two attached hydrogens (primary N) is 1. The lowest BCUT2D eigenvalue weighted by Gasteiger charge is -2.47. The van der Waals surface area contributed by atoms with Gasteiger partial charge in [0.15, 0.2) is 11.5 Å². The second-order valence-electron chi connectivity index (χ2n) is 4.95. The molecule has 1 aliphatic rings. The monoisotopic (exact) mass is 264 g/mol. The first-order chi connectivity index (χ1) is 9.03. The molecule has 0 unspecified atom stereocenters. The number of likely N-dealkylation sites (tertiary alicyclic amines) is 1. The average Bonchev–Trinajstić information content (AvgIpc) is 2.42. The van der Waals surface area contributed by atoms with Gasteiger partial charge in [0.25, 0.3) is 5.91 Å². The van der Waals surface area contributed by atoms with E-state index in [1.165, 1.54) is 0 Å². The Morgan fingerprint density at radius 2 is 1.95 bits per heavy atom. The number of nitrogens with zero attached hydrogens (tertiary/aromatic N) is 1. The van der Waals surface area contributed by atoms with E-state index in [9.17, 15) is 4.79 Å². The number of methoxy groups -OCH3 is 2. The number of hydrogen-bond donors (Lipinski definition) is 1. The van der Waals surface area contributed by atoms with E-state index in [-0.39, 0.29) is 11.4 Å². The number of carbonyl (C=O) groups excluding carboxylic acids is 1. The van der Waals surface area contributed by atoms with E-state index < -0.39 is 0 Å². The fraction of sp³-hybridized carbons (Fsp3) is 0.500. The van der Waals surface area contributed by atoms with Crippen molar-refractivity contribution in [2.45, 2.75) is 18.9 Å². The van der Waals surface area contributed by atoms with Gasteiger partial charge in [-0.1, -0.05) is 6.92 Å². The van der Waals surface area contributed by atoms with Gasteiger partial charge in [-0.15, -0.1) is 0 Å². The van der Waals surface area contributed by atoms with Crippen molar-refractivity contribution in [3.63, 3.8) is 0 Å². The summed E-state index contributed by atoms with van der Waals surface area (Å²) in [6, 6.07) is 5.18. The van der Waals surface area contributed by atoms with Gasteiger partial charge in [-0.25, -0.2) is 0 Å². The Morgan fingerprint density at radius 3 is 2.47 bits per heavy atom. The van der Waals surface area contributed by atoms with Crippen LogP contribution in [0.5, 0.6) is 11.5 Å². The lowest BCUT2D eigenvalue weighted by atomic mass is 9.88.